The van der Waals surface area contributed by atoms with Crippen molar-refractivity contribution < 1.29 is 8.81 Å². The first-order valence-electron chi connectivity index (χ1n) is 6.08. The molecule has 3 nitrogen and oxygen atoms in total. The Morgan fingerprint density at radius 3 is 2.70 bits per heavy atom. The topological polar surface area (TPSA) is 51.2 Å². The first-order chi connectivity index (χ1) is 9.70. The van der Waals surface area contributed by atoms with E-state index < -0.39 is 11.9 Å². The van der Waals surface area contributed by atoms with Gasteiger partial charge in [0.05, 0.1) is 12.3 Å². The van der Waals surface area contributed by atoms with Crippen molar-refractivity contribution in [3.05, 3.63) is 70.7 Å². The fourth-order valence-electron chi connectivity index (χ4n) is 2.30. The average Bonchev–Trinajstić information content (AvgIpc) is 2.86. The van der Waals surface area contributed by atoms with Crippen LogP contribution in [0, 0.1) is 5.82 Å². The van der Waals surface area contributed by atoms with Gasteiger partial charge in [-0.25, -0.2) is 9.82 Å². The van der Waals surface area contributed by atoms with Gasteiger partial charge in [0.25, 0.3) is 0 Å². The number of para-hydroxylation sites is 1. The largest absolute Gasteiger partial charge is 0.464 e. The van der Waals surface area contributed by atoms with Crippen LogP contribution < -0.4 is 11.3 Å². The standard InChI is InChI=1S/C15H12ClFN2O/c16-9-5-6-11(13(17)7-9)15(19-18)12-8-20-14-4-2-1-3-10(12)14/h1-8,15,19H,18H2. The Hall–Kier alpha value is -1.88. The molecule has 0 saturated carbocycles. The molecule has 0 saturated heterocycles. The van der Waals surface area contributed by atoms with E-state index in [2.05, 4.69) is 5.43 Å². The van der Waals surface area contributed by atoms with Crippen LogP contribution in [0.3, 0.4) is 0 Å². The number of hydrogen-bond donors (Lipinski definition) is 2. The number of rotatable bonds is 3. The molecule has 3 aromatic rings. The van der Waals surface area contributed by atoms with Gasteiger partial charge in [-0.15, -0.1) is 0 Å². The highest BCUT2D eigenvalue weighted by Gasteiger charge is 2.20. The molecule has 102 valence electrons. The Morgan fingerprint density at radius 2 is 1.95 bits per heavy atom. The fourth-order valence-corrected chi connectivity index (χ4v) is 2.46. The van der Waals surface area contributed by atoms with Crippen LogP contribution in [0.15, 0.2) is 53.1 Å². The normalized spacial score (nSPS) is 12.8. The van der Waals surface area contributed by atoms with Crippen LogP contribution in [-0.2, 0) is 0 Å². The van der Waals surface area contributed by atoms with Crippen molar-refractivity contribution in [2.45, 2.75) is 6.04 Å². The number of halogens is 2. The van der Waals surface area contributed by atoms with Crippen LogP contribution in [0.4, 0.5) is 4.39 Å². The Bertz CT molecular complexity index is 756. The van der Waals surface area contributed by atoms with Crippen molar-refractivity contribution in [1.29, 1.82) is 0 Å². The number of nitrogens with one attached hydrogen (secondary N) is 1. The van der Waals surface area contributed by atoms with Crippen LogP contribution >= 0.6 is 11.6 Å². The minimum Gasteiger partial charge on any atom is -0.464 e. The summed E-state index contributed by atoms with van der Waals surface area (Å²) in [5, 5.41) is 1.24. The van der Waals surface area contributed by atoms with Gasteiger partial charge in [0.1, 0.15) is 11.4 Å². The molecule has 0 amide bonds. The number of hydrazine groups is 1. The molecule has 1 aromatic heterocycles. The molecule has 0 bridgehead atoms. The molecule has 3 N–H and O–H groups in total. The molecule has 0 radical (unpaired) electrons. The molecule has 0 spiro atoms. The summed E-state index contributed by atoms with van der Waals surface area (Å²) < 4.78 is 19.5. The SMILES string of the molecule is NNC(c1ccc(Cl)cc1F)c1coc2ccccc12. The lowest BCUT2D eigenvalue weighted by atomic mass is 9.98. The lowest BCUT2D eigenvalue weighted by Gasteiger charge is -2.16. The minimum atomic E-state index is -0.504. The van der Waals surface area contributed by atoms with Crippen LogP contribution in [0.25, 0.3) is 11.0 Å². The first kappa shape index (κ1) is 13.1. The molecule has 1 heterocycles. The molecular formula is C15H12ClFN2O. The average molecular weight is 291 g/mol. The summed E-state index contributed by atoms with van der Waals surface area (Å²) in [5.41, 5.74) is 4.57. The third-order valence-electron chi connectivity index (χ3n) is 3.26. The third-order valence-corrected chi connectivity index (χ3v) is 3.50. The van der Waals surface area contributed by atoms with Crippen LogP contribution in [0.2, 0.25) is 5.02 Å². The smallest absolute Gasteiger partial charge is 0.134 e. The molecule has 0 aliphatic heterocycles. The molecular weight excluding hydrogens is 279 g/mol. The molecule has 0 aliphatic carbocycles. The van der Waals surface area contributed by atoms with E-state index in [1.807, 2.05) is 24.3 Å². The number of hydrogen-bond acceptors (Lipinski definition) is 3. The molecule has 1 atom stereocenters. The first-order valence-corrected chi connectivity index (χ1v) is 6.45. The maximum atomic E-state index is 14.1. The van der Waals surface area contributed by atoms with Crippen molar-refractivity contribution in [2.24, 2.45) is 5.84 Å². The second kappa shape index (κ2) is 5.25. The summed E-state index contributed by atoms with van der Waals surface area (Å²) in [5.74, 6) is 5.19. The van der Waals surface area contributed by atoms with Gasteiger partial charge in [-0.3, -0.25) is 5.84 Å². The molecule has 5 heteroatoms. The molecule has 3 rings (SSSR count). The van der Waals surface area contributed by atoms with Gasteiger partial charge in [-0.1, -0.05) is 35.9 Å². The van der Waals surface area contributed by atoms with Gasteiger partial charge < -0.3 is 4.42 Å². The summed E-state index contributed by atoms with van der Waals surface area (Å²) >= 11 is 5.77. The van der Waals surface area contributed by atoms with Crippen molar-refractivity contribution in [3.8, 4) is 0 Å². The van der Waals surface area contributed by atoms with Crippen LogP contribution in [-0.4, -0.2) is 0 Å². The van der Waals surface area contributed by atoms with E-state index in [0.29, 0.717) is 10.6 Å². The molecule has 2 aromatic carbocycles. The third kappa shape index (κ3) is 2.18. The highest BCUT2D eigenvalue weighted by molar-refractivity contribution is 6.30. The molecule has 1 unspecified atom stereocenters. The summed E-state index contributed by atoms with van der Waals surface area (Å²) in [6, 6.07) is 11.5. The zero-order valence-corrected chi connectivity index (χ0v) is 11.2. The number of nitrogens with two attached hydrogens (primary N) is 1. The van der Waals surface area contributed by atoms with E-state index in [4.69, 9.17) is 21.9 Å². The number of furan rings is 1. The van der Waals surface area contributed by atoms with Crippen LogP contribution in [0.1, 0.15) is 17.2 Å². The monoisotopic (exact) mass is 290 g/mol. The lowest BCUT2D eigenvalue weighted by Crippen LogP contribution is -2.29. The second-order valence-corrected chi connectivity index (χ2v) is 4.89. The zero-order chi connectivity index (χ0) is 14.1. The van der Waals surface area contributed by atoms with E-state index in [0.717, 1.165) is 16.5 Å². The Kier molecular flexibility index (Phi) is 3.44. The molecule has 20 heavy (non-hydrogen) atoms. The maximum Gasteiger partial charge on any atom is 0.134 e. The van der Waals surface area contributed by atoms with Crippen molar-refractivity contribution in [2.75, 3.05) is 0 Å². The number of benzene rings is 2. The zero-order valence-electron chi connectivity index (χ0n) is 10.4. The highest BCUT2D eigenvalue weighted by Crippen LogP contribution is 2.32. The van der Waals surface area contributed by atoms with Gasteiger partial charge >= 0.3 is 0 Å². The van der Waals surface area contributed by atoms with E-state index in [9.17, 15) is 4.39 Å². The number of fused-ring (bicyclic) bond motifs is 1. The Morgan fingerprint density at radius 1 is 1.15 bits per heavy atom. The van der Waals surface area contributed by atoms with Gasteiger partial charge in [0.2, 0.25) is 0 Å². The Labute approximate surface area is 120 Å². The minimum absolute atomic E-state index is 0.346. The van der Waals surface area contributed by atoms with E-state index >= 15 is 0 Å². The van der Waals surface area contributed by atoms with Crippen molar-refractivity contribution in [1.82, 2.24) is 5.43 Å². The lowest BCUT2D eigenvalue weighted by molar-refractivity contribution is 0.550. The molecule has 0 fully saturated rings. The summed E-state index contributed by atoms with van der Waals surface area (Å²) in [4.78, 5) is 0. The predicted molar refractivity (Wildman–Crippen MR) is 76.8 cm³/mol. The van der Waals surface area contributed by atoms with Gasteiger partial charge in [-0.05, 0) is 18.2 Å². The van der Waals surface area contributed by atoms with Crippen LogP contribution in [0.5, 0.6) is 0 Å². The predicted octanol–water partition coefficient (Wildman–Crippen LogP) is 3.78. The summed E-state index contributed by atoms with van der Waals surface area (Å²) in [7, 11) is 0. The summed E-state index contributed by atoms with van der Waals surface area (Å²) in [6.07, 6.45) is 1.59. The van der Waals surface area contributed by atoms with E-state index in [-0.39, 0.29) is 0 Å². The van der Waals surface area contributed by atoms with Gasteiger partial charge in [0.15, 0.2) is 0 Å². The second-order valence-electron chi connectivity index (χ2n) is 4.45. The highest BCUT2D eigenvalue weighted by atomic mass is 35.5. The maximum absolute atomic E-state index is 14.1. The Balaban J connectivity index is 2.14. The van der Waals surface area contributed by atoms with E-state index in [1.54, 1.807) is 18.4 Å². The fraction of sp³-hybridized carbons (Fsp3) is 0.0667. The molecule has 0 aliphatic rings. The van der Waals surface area contributed by atoms with Crippen molar-refractivity contribution in [3.63, 3.8) is 0 Å². The van der Waals surface area contributed by atoms with E-state index in [1.165, 1.54) is 6.07 Å². The quantitative estimate of drug-likeness (QED) is 0.570. The van der Waals surface area contributed by atoms with Crippen molar-refractivity contribution >= 4 is 22.6 Å². The van der Waals surface area contributed by atoms with Gasteiger partial charge in [-0.2, -0.15) is 0 Å². The summed E-state index contributed by atoms with van der Waals surface area (Å²) in [6.45, 7) is 0. The van der Waals surface area contributed by atoms with Gasteiger partial charge in [0, 0.05) is 21.5 Å².